The molecule has 5 aliphatic carbocycles. The maximum absolute atomic E-state index is 10.4. The third-order valence-electron chi connectivity index (χ3n) is 10.6. The molecule has 4 nitrogen and oxygen atoms in total. The predicted octanol–water partition coefficient (Wildman–Crippen LogP) is 3.58. The average Bonchev–Trinajstić information content (AvgIpc) is 3.04. The second-order valence-corrected chi connectivity index (χ2v) is 11.6. The highest BCUT2D eigenvalue weighted by atomic mass is 16.3. The Bertz CT molecular complexity index is 533. The summed E-state index contributed by atoms with van der Waals surface area (Å²) >= 11 is 0. The minimum absolute atomic E-state index is 0.0573. The van der Waals surface area contributed by atoms with Gasteiger partial charge in [-0.3, -0.25) is 0 Å². The van der Waals surface area contributed by atoms with Crippen LogP contribution in [0.2, 0.25) is 0 Å². The van der Waals surface area contributed by atoms with Crippen molar-refractivity contribution in [1.29, 1.82) is 0 Å². The van der Waals surface area contributed by atoms with Gasteiger partial charge in [0.15, 0.2) is 0 Å². The van der Waals surface area contributed by atoms with Crippen molar-refractivity contribution in [3.63, 3.8) is 0 Å². The van der Waals surface area contributed by atoms with Crippen LogP contribution < -0.4 is 11.5 Å². The number of rotatable bonds is 2. The molecule has 0 heterocycles. The van der Waals surface area contributed by atoms with Crippen LogP contribution in [0.5, 0.6) is 0 Å². The molecule has 10 unspecified atom stereocenters. The normalized spacial score (nSPS) is 55.9. The van der Waals surface area contributed by atoms with Gasteiger partial charge < -0.3 is 21.7 Å². The molecule has 5 fully saturated rings. The molecule has 29 heavy (non-hydrogen) atoms. The Morgan fingerprint density at radius 1 is 0.552 bits per heavy atom. The Morgan fingerprint density at radius 3 is 1.38 bits per heavy atom. The fourth-order valence-electron chi connectivity index (χ4n) is 9.69. The smallest absolute Gasteiger partial charge is 0.0691 e. The van der Waals surface area contributed by atoms with E-state index in [1.807, 2.05) is 0 Å². The van der Waals surface area contributed by atoms with Crippen molar-refractivity contribution in [3.05, 3.63) is 0 Å². The van der Waals surface area contributed by atoms with Crippen molar-refractivity contribution in [2.24, 2.45) is 52.4 Å². The maximum atomic E-state index is 10.4. The van der Waals surface area contributed by atoms with E-state index in [4.69, 9.17) is 11.5 Å². The van der Waals surface area contributed by atoms with Gasteiger partial charge in [0.25, 0.3) is 0 Å². The zero-order chi connectivity index (χ0) is 20.2. The van der Waals surface area contributed by atoms with E-state index in [2.05, 4.69) is 0 Å². The topological polar surface area (TPSA) is 92.5 Å². The summed E-state index contributed by atoms with van der Waals surface area (Å²) in [5.41, 5.74) is 13.4. The molecule has 0 bridgehead atoms. The van der Waals surface area contributed by atoms with Gasteiger partial charge in [0.2, 0.25) is 0 Å². The quantitative estimate of drug-likeness (QED) is 0.566. The summed E-state index contributed by atoms with van der Waals surface area (Å²) in [7, 11) is 0. The molecule has 0 aromatic rings. The summed E-state index contributed by atoms with van der Waals surface area (Å²) < 4.78 is 0. The van der Waals surface area contributed by atoms with Crippen LogP contribution in [0.1, 0.15) is 89.9 Å². The number of aliphatic hydroxyl groups excluding tert-OH is 2. The Kier molecular flexibility index (Phi) is 5.77. The Balaban J connectivity index is 1.57. The van der Waals surface area contributed by atoms with Crippen LogP contribution in [0.25, 0.3) is 0 Å². The molecule has 0 amide bonds. The molecule has 5 saturated carbocycles. The average molecular weight is 405 g/mol. The van der Waals surface area contributed by atoms with E-state index in [9.17, 15) is 10.2 Å². The highest BCUT2D eigenvalue weighted by Gasteiger charge is 2.65. The molecule has 6 N–H and O–H groups in total. The van der Waals surface area contributed by atoms with Gasteiger partial charge in [0.1, 0.15) is 0 Å². The largest absolute Gasteiger partial charge is 0.392 e. The second-order valence-electron chi connectivity index (χ2n) is 11.6. The van der Waals surface area contributed by atoms with Crippen molar-refractivity contribution in [3.8, 4) is 0 Å². The molecule has 4 heteroatoms. The number of hydrogen-bond donors (Lipinski definition) is 4. The van der Waals surface area contributed by atoms with E-state index in [-0.39, 0.29) is 24.3 Å². The fraction of sp³-hybridized carbons (Fsp3) is 1.00. The van der Waals surface area contributed by atoms with Crippen LogP contribution in [0.3, 0.4) is 0 Å². The van der Waals surface area contributed by atoms with E-state index >= 15 is 0 Å². The summed E-state index contributed by atoms with van der Waals surface area (Å²) in [5, 5.41) is 20.8. The Hall–Kier alpha value is -0.160. The summed E-state index contributed by atoms with van der Waals surface area (Å²) in [4.78, 5) is 0. The van der Waals surface area contributed by atoms with Crippen molar-refractivity contribution in [2.45, 2.75) is 114 Å². The summed E-state index contributed by atoms with van der Waals surface area (Å²) in [6.07, 6.45) is 16.7. The molecule has 10 atom stereocenters. The third kappa shape index (κ3) is 3.23. The molecule has 0 radical (unpaired) electrons. The lowest BCUT2D eigenvalue weighted by molar-refractivity contribution is -0.0991. The summed E-state index contributed by atoms with van der Waals surface area (Å²) in [6, 6.07) is -0.115. The fourth-order valence-corrected chi connectivity index (χ4v) is 9.69. The molecule has 0 aliphatic heterocycles. The predicted molar refractivity (Wildman–Crippen MR) is 116 cm³/mol. The minimum atomic E-state index is -0.315. The zero-order valence-electron chi connectivity index (χ0n) is 18.2. The van der Waals surface area contributed by atoms with Gasteiger partial charge in [0, 0.05) is 12.1 Å². The Labute approximate surface area is 177 Å². The molecule has 5 aliphatic rings. The molecular formula is C25H44N2O2. The van der Waals surface area contributed by atoms with E-state index < -0.39 is 0 Å². The monoisotopic (exact) mass is 404 g/mol. The van der Waals surface area contributed by atoms with E-state index in [0.717, 1.165) is 62.2 Å². The summed E-state index contributed by atoms with van der Waals surface area (Å²) in [6.45, 7) is 0. The molecule has 0 saturated heterocycles. The zero-order valence-corrected chi connectivity index (χ0v) is 18.2. The lowest BCUT2D eigenvalue weighted by Gasteiger charge is -2.57. The van der Waals surface area contributed by atoms with Crippen molar-refractivity contribution in [2.75, 3.05) is 0 Å². The van der Waals surface area contributed by atoms with Crippen LogP contribution >= 0.6 is 0 Å². The van der Waals surface area contributed by atoms with E-state index in [0.29, 0.717) is 17.3 Å². The first-order valence-electron chi connectivity index (χ1n) is 12.9. The van der Waals surface area contributed by atoms with Gasteiger partial charge in [-0.1, -0.05) is 25.7 Å². The lowest BCUT2D eigenvalue weighted by atomic mass is 9.48. The first-order valence-corrected chi connectivity index (χ1v) is 12.9. The molecule has 0 aromatic carbocycles. The van der Waals surface area contributed by atoms with Gasteiger partial charge in [-0.25, -0.2) is 0 Å². The first-order chi connectivity index (χ1) is 14.0. The number of fused-ring (bicyclic) bond motifs is 3. The van der Waals surface area contributed by atoms with Gasteiger partial charge in [-0.05, 0) is 105 Å². The summed E-state index contributed by atoms with van der Waals surface area (Å²) in [5.74, 6) is 4.80. The van der Waals surface area contributed by atoms with Crippen LogP contribution in [0, 0.1) is 40.9 Å². The van der Waals surface area contributed by atoms with E-state index in [1.54, 1.807) is 0 Å². The van der Waals surface area contributed by atoms with Crippen molar-refractivity contribution in [1.82, 2.24) is 0 Å². The van der Waals surface area contributed by atoms with Crippen LogP contribution in [-0.4, -0.2) is 34.5 Å². The standard InChI is InChI=1S/C25H44N2O2/c26-21-13-15(9-11-23(21)28)25(16-10-12-24(29)22(27)14-16)19-7-3-1-5-17(19)18-6-2-4-8-20(18)25/h15-24,28-29H,1-14,26-27H2. The molecule has 166 valence electrons. The highest BCUT2D eigenvalue weighted by Crippen LogP contribution is 2.71. The second kappa shape index (κ2) is 8.07. The van der Waals surface area contributed by atoms with Gasteiger partial charge in [-0.2, -0.15) is 0 Å². The first kappa shape index (κ1) is 20.7. The van der Waals surface area contributed by atoms with Crippen LogP contribution in [0.4, 0.5) is 0 Å². The van der Waals surface area contributed by atoms with E-state index in [1.165, 1.54) is 51.4 Å². The minimum Gasteiger partial charge on any atom is -0.392 e. The van der Waals surface area contributed by atoms with Crippen LogP contribution in [-0.2, 0) is 0 Å². The van der Waals surface area contributed by atoms with Crippen LogP contribution in [0.15, 0.2) is 0 Å². The molecular weight excluding hydrogens is 360 g/mol. The highest BCUT2D eigenvalue weighted by molar-refractivity contribution is 5.14. The van der Waals surface area contributed by atoms with Crippen molar-refractivity contribution < 1.29 is 10.2 Å². The number of hydrogen-bond acceptors (Lipinski definition) is 4. The van der Waals surface area contributed by atoms with Gasteiger partial charge in [-0.15, -0.1) is 0 Å². The maximum Gasteiger partial charge on any atom is 0.0691 e. The van der Waals surface area contributed by atoms with Crippen molar-refractivity contribution >= 4 is 0 Å². The molecule has 0 aromatic heterocycles. The van der Waals surface area contributed by atoms with Gasteiger partial charge in [0.05, 0.1) is 12.2 Å². The SMILES string of the molecule is NC1CC(C2(C3CCC(O)C(N)C3)C3CCCCC3C3CCCCC32)CCC1O. The lowest BCUT2D eigenvalue weighted by Crippen LogP contribution is -2.56. The Morgan fingerprint density at radius 2 is 0.966 bits per heavy atom. The number of aliphatic hydroxyl groups is 2. The van der Waals surface area contributed by atoms with Gasteiger partial charge >= 0.3 is 0 Å². The molecule has 0 spiro atoms. The third-order valence-corrected chi connectivity index (χ3v) is 10.6. The number of nitrogens with two attached hydrogens (primary N) is 2. The molecule has 5 rings (SSSR count).